The molecule has 0 aliphatic carbocycles. The summed E-state index contributed by atoms with van der Waals surface area (Å²) < 4.78 is 8.59. The van der Waals surface area contributed by atoms with Crippen LogP contribution in [0.4, 0.5) is 0 Å². The molecule has 0 unspecified atom stereocenters. The molecule has 2 heterocycles. The van der Waals surface area contributed by atoms with Crippen LogP contribution in [0.5, 0.6) is 0 Å². The molecule has 0 bridgehead atoms. The maximum atomic E-state index is 6.46. The smallest absolute Gasteiger partial charge is 0.216 e. The number of hydrogen-bond acceptors (Lipinski definition) is 1. The minimum Gasteiger partial charge on any atom is -0.455 e. The lowest BCUT2D eigenvalue weighted by Gasteiger charge is -2.04. The van der Waals surface area contributed by atoms with Crippen molar-refractivity contribution in [3.05, 3.63) is 101 Å². The van der Waals surface area contributed by atoms with Crippen LogP contribution in [0, 0.1) is 0 Å². The second-order valence-corrected chi connectivity index (χ2v) is 7.81. The fourth-order valence-corrected chi connectivity index (χ4v) is 4.30. The molecular formula is C28H24NO+. The number of rotatable bonds is 2. The highest BCUT2D eigenvalue weighted by molar-refractivity contribution is 6.11. The van der Waals surface area contributed by atoms with Crippen molar-refractivity contribution < 1.29 is 8.98 Å². The minimum absolute atomic E-state index is 0.836. The molecule has 0 N–H and O–H groups in total. The van der Waals surface area contributed by atoms with Gasteiger partial charge in [-0.05, 0) is 65.2 Å². The Bertz CT molecular complexity index is 1580. The van der Waals surface area contributed by atoms with Gasteiger partial charge < -0.3 is 4.42 Å². The quantitative estimate of drug-likeness (QED) is 0.301. The highest BCUT2D eigenvalue weighted by Crippen LogP contribution is 2.28. The molecule has 2 heteroatoms. The third kappa shape index (κ3) is 2.76. The van der Waals surface area contributed by atoms with E-state index < -0.39 is 0 Å². The van der Waals surface area contributed by atoms with Crippen molar-refractivity contribution in [3.63, 3.8) is 0 Å². The minimum atomic E-state index is 0.836. The summed E-state index contributed by atoms with van der Waals surface area (Å²) in [5, 5.41) is 6.88. The van der Waals surface area contributed by atoms with E-state index in [9.17, 15) is 0 Å². The first-order chi connectivity index (χ1) is 14.6. The SMILES string of the molecule is C=c1/c(=C(\C(C)=C/C)c2cccc[n+]2C)oc2ccc3cc4ccccc4cc3c12. The Balaban J connectivity index is 1.97. The summed E-state index contributed by atoms with van der Waals surface area (Å²) in [7, 11) is 2.06. The van der Waals surface area contributed by atoms with Gasteiger partial charge in [0, 0.05) is 22.7 Å². The summed E-state index contributed by atoms with van der Waals surface area (Å²) >= 11 is 0. The van der Waals surface area contributed by atoms with Crippen molar-refractivity contribution in [2.24, 2.45) is 7.05 Å². The number of pyridine rings is 1. The largest absolute Gasteiger partial charge is 0.455 e. The second kappa shape index (κ2) is 7.00. The Labute approximate surface area is 175 Å². The van der Waals surface area contributed by atoms with Crippen LogP contribution in [0.2, 0.25) is 0 Å². The summed E-state index contributed by atoms with van der Waals surface area (Å²) in [4.78, 5) is 0. The molecule has 0 spiro atoms. The molecule has 146 valence electrons. The number of benzene rings is 3. The zero-order chi connectivity index (χ0) is 20.8. The maximum Gasteiger partial charge on any atom is 0.216 e. The highest BCUT2D eigenvalue weighted by atomic mass is 16.3. The zero-order valence-corrected chi connectivity index (χ0v) is 17.6. The summed E-state index contributed by atoms with van der Waals surface area (Å²) in [5.41, 5.74) is 5.05. The summed E-state index contributed by atoms with van der Waals surface area (Å²) in [6.45, 7) is 8.67. The Morgan fingerprint density at radius 2 is 1.67 bits per heavy atom. The normalized spacial score (nSPS) is 13.4. The monoisotopic (exact) mass is 390 g/mol. The molecule has 2 aromatic heterocycles. The molecule has 0 aliphatic heterocycles. The van der Waals surface area contributed by atoms with Crippen LogP contribution in [-0.4, -0.2) is 0 Å². The van der Waals surface area contributed by atoms with E-state index in [4.69, 9.17) is 4.42 Å². The van der Waals surface area contributed by atoms with Crippen LogP contribution in [0.3, 0.4) is 0 Å². The van der Waals surface area contributed by atoms with Gasteiger partial charge in [-0.3, -0.25) is 0 Å². The van der Waals surface area contributed by atoms with Crippen molar-refractivity contribution in [3.8, 4) is 0 Å². The summed E-state index contributed by atoms with van der Waals surface area (Å²) in [6.07, 6.45) is 4.19. The van der Waals surface area contributed by atoms with Gasteiger partial charge in [-0.15, -0.1) is 0 Å². The topological polar surface area (TPSA) is 17.0 Å². The van der Waals surface area contributed by atoms with Crippen LogP contribution >= 0.6 is 0 Å². The van der Waals surface area contributed by atoms with Crippen molar-refractivity contribution in [2.45, 2.75) is 13.8 Å². The number of hydrogen-bond donors (Lipinski definition) is 0. The molecule has 5 aromatic rings. The lowest BCUT2D eigenvalue weighted by atomic mass is 9.99. The number of aromatic nitrogens is 1. The van der Waals surface area contributed by atoms with Crippen LogP contribution in [-0.2, 0) is 7.05 Å². The van der Waals surface area contributed by atoms with Crippen LogP contribution in [0.25, 0.3) is 44.7 Å². The van der Waals surface area contributed by atoms with E-state index >= 15 is 0 Å². The van der Waals surface area contributed by atoms with Crippen LogP contribution < -0.4 is 15.2 Å². The first kappa shape index (κ1) is 18.4. The lowest BCUT2D eigenvalue weighted by molar-refractivity contribution is -0.673. The van der Waals surface area contributed by atoms with E-state index in [0.29, 0.717) is 0 Å². The van der Waals surface area contributed by atoms with Crippen LogP contribution in [0.15, 0.2) is 89.0 Å². The van der Waals surface area contributed by atoms with Gasteiger partial charge in [-0.25, -0.2) is 4.57 Å². The fourth-order valence-electron chi connectivity index (χ4n) is 4.30. The molecule has 0 aliphatic rings. The number of fused-ring (bicyclic) bond motifs is 4. The third-order valence-corrected chi connectivity index (χ3v) is 6.00. The van der Waals surface area contributed by atoms with Gasteiger partial charge in [0.05, 0.1) is 5.57 Å². The number of nitrogens with zero attached hydrogens (tertiary/aromatic N) is 1. The Morgan fingerprint density at radius 1 is 0.933 bits per heavy atom. The molecule has 0 atom stereocenters. The van der Waals surface area contributed by atoms with Gasteiger partial charge in [-0.2, -0.15) is 0 Å². The molecule has 0 saturated heterocycles. The maximum absolute atomic E-state index is 6.46. The summed E-state index contributed by atoms with van der Waals surface area (Å²) in [5.74, 6) is 0. The molecule has 0 amide bonds. The van der Waals surface area contributed by atoms with Crippen molar-refractivity contribution in [2.75, 3.05) is 0 Å². The van der Waals surface area contributed by atoms with Crippen molar-refractivity contribution in [1.29, 1.82) is 0 Å². The number of furan rings is 1. The first-order valence-corrected chi connectivity index (χ1v) is 10.2. The van der Waals surface area contributed by atoms with E-state index in [-0.39, 0.29) is 0 Å². The van der Waals surface area contributed by atoms with E-state index in [1.807, 2.05) is 6.07 Å². The van der Waals surface area contributed by atoms with Crippen molar-refractivity contribution >= 4 is 44.7 Å². The van der Waals surface area contributed by atoms with Crippen LogP contribution in [0.1, 0.15) is 19.5 Å². The third-order valence-electron chi connectivity index (χ3n) is 6.00. The molecule has 5 rings (SSSR count). The lowest BCUT2D eigenvalue weighted by Crippen LogP contribution is -2.35. The Kier molecular flexibility index (Phi) is 4.29. The molecule has 30 heavy (non-hydrogen) atoms. The Morgan fingerprint density at radius 3 is 2.40 bits per heavy atom. The van der Waals surface area contributed by atoms with Gasteiger partial charge in [0.2, 0.25) is 5.69 Å². The van der Waals surface area contributed by atoms with E-state index in [2.05, 4.69) is 105 Å². The molecule has 0 fully saturated rings. The number of aryl methyl sites for hydroxylation is 1. The van der Waals surface area contributed by atoms with Gasteiger partial charge in [0.15, 0.2) is 6.20 Å². The molecule has 2 nitrogen and oxygen atoms in total. The fraction of sp³-hybridized carbons (Fsp3) is 0.107. The van der Waals surface area contributed by atoms with Gasteiger partial charge in [0.25, 0.3) is 0 Å². The van der Waals surface area contributed by atoms with E-state index in [0.717, 1.165) is 38.4 Å². The van der Waals surface area contributed by atoms with E-state index in [1.54, 1.807) is 0 Å². The standard InChI is InChI=1S/C28H24NO/c1-5-18(2)26(24-12-8-9-15-29(24)4)28-19(3)27-23-17-21-11-7-6-10-20(21)16-22(23)13-14-25(27)30-28/h5-17H,3H2,1-2,4H3/q+1/b18-5-,28-26-. The predicted octanol–water partition coefficient (Wildman–Crippen LogP) is 5.14. The van der Waals surface area contributed by atoms with E-state index in [1.165, 1.54) is 21.5 Å². The average Bonchev–Trinajstić information content (AvgIpc) is 3.10. The molecular weight excluding hydrogens is 366 g/mol. The molecule has 3 aromatic carbocycles. The molecule has 0 saturated carbocycles. The second-order valence-electron chi connectivity index (χ2n) is 7.81. The van der Waals surface area contributed by atoms with Gasteiger partial charge >= 0.3 is 0 Å². The predicted molar refractivity (Wildman–Crippen MR) is 126 cm³/mol. The highest BCUT2D eigenvalue weighted by Gasteiger charge is 2.18. The number of allylic oxidation sites excluding steroid dienone is 2. The van der Waals surface area contributed by atoms with Gasteiger partial charge in [0.1, 0.15) is 18.0 Å². The average molecular weight is 391 g/mol. The first-order valence-electron chi connectivity index (χ1n) is 10.2. The molecule has 0 radical (unpaired) electrons. The zero-order valence-electron chi connectivity index (χ0n) is 17.6. The summed E-state index contributed by atoms with van der Waals surface area (Å²) in [6, 6.07) is 23.4. The van der Waals surface area contributed by atoms with Gasteiger partial charge in [-0.1, -0.05) is 43.0 Å². The van der Waals surface area contributed by atoms with Crippen molar-refractivity contribution in [1.82, 2.24) is 0 Å². The Hall–Kier alpha value is -3.65.